The number of anilines is 1. The van der Waals surface area contributed by atoms with Crippen LogP contribution in [-0.4, -0.2) is 21.1 Å². The summed E-state index contributed by atoms with van der Waals surface area (Å²) < 4.78 is 2.19. The Kier molecular flexibility index (Phi) is 4.55. The first-order valence-corrected chi connectivity index (χ1v) is 6.91. The summed E-state index contributed by atoms with van der Waals surface area (Å²) in [6.45, 7) is 8.25. The maximum absolute atomic E-state index is 4.43. The van der Waals surface area contributed by atoms with Crippen LogP contribution in [0.2, 0.25) is 0 Å². The van der Waals surface area contributed by atoms with E-state index in [0.29, 0.717) is 5.92 Å². The molecule has 2 heterocycles. The van der Waals surface area contributed by atoms with Gasteiger partial charge in [0, 0.05) is 36.6 Å². The lowest BCUT2D eigenvalue weighted by Gasteiger charge is -2.13. The second kappa shape index (κ2) is 6.36. The van der Waals surface area contributed by atoms with Gasteiger partial charge in [-0.1, -0.05) is 26.8 Å². The molecule has 0 aromatic carbocycles. The molecule has 2 aromatic heterocycles. The minimum absolute atomic E-state index is 0.429. The van der Waals surface area contributed by atoms with Gasteiger partial charge in [0.15, 0.2) is 0 Å². The van der Waals surface area contributed by atoms with E-state index in [1.165, 1.54) is 5.56 Å². The highest BCUT2D eigenvalue weighted by atomic mass is 15.1. The SMILES string of the molecule is CCCNc1ncccc1Cn1ccnc1C(C)C. The Morgan fingerprint density at radius 3 is 2.84 bits per heavy atom. The zero-order valence-corrected chi connectivity index (χ0v) is 11.9. The molecule has 0 radical (unpaired) electrons. The van der Waals surface area contributed by atoms with E-state index in [1.54, 1.807) is 0 Å². The minimum Gasteiger partial charge on any atom is -0.370 e. The monoisotopic (exact) mass is 258 g/mol. The van der Waals surface area contributed by atoms with Gasteiger partial charge in [-0.05, 0) is 12.5 Å². The second-order valence-corrected chi connectivity index (χ2v) is 5.01. The number of pyridine rings is 1. The fourth-order valence-corrected chi connectivity index (χ4v) is 2.11. The highest BCUT2D eigenvalue weighted by Crippen LogP contribution is 2.17. The first kappa shape index (κ1) is 13.6. The quantitative estimate of drug-likeness (QED) is 0.864. The van der Waals surface area contributed by atoms with Gasteiger partial charge in [0.25, 0.3) is 0 Å². The van der Waals surface area contributed by atoms with Crippen LogP contribution in [0.1, 0.15) is 44.5 Å². The third kappa shape index (κ3) is 3.34. The van der Waals surface area contributed by atoms with Gasteiger partial charge in [-0.2, -0.15) is 0 Å². The Balaban J connectivity index is 2.20. The summed E-state index contributed by atoms with van der Waals surface area (Å²) in [5, 5.41) is 3.38. The second-order valence-electron chi connectivity index (χ2n) is 5.01. The molecule has 0 aliphatic carbocycles. The number of hydrogen-bond donors (Lipinski definition) is 1. The number of aromatic nitrogens is 3. The fourth-order valence-electron chi connectivity index (χ4n) is 2.11. The van der Waals surface area contributed by atoms with Crippen LogP contribution in [0.4, 0.5) is 5.82 Å². The molecule has 0 atom stereocenters. The van der Waals surface area contributed by atoms with Crippen molar-refractivity contribution in [3.63, 3.8) is 0 Å². The van der Waals surface area contributed by atoms with Crippen molar-refractivity contribution >= 4 is 5.82 Å². The third-order valence-corrected chi connectivity index (χ3v) is 3.04. The van der Waals surface area contributed by atoms with Crippen LogP contribution in [0.25, 0.3) is 0 Å². The Morgan fingerprint density at radius 2 is 2.11 bits per heavy atom. The molecule has 4 heteroatoms. The summed E-state index contributed by atoms with van der Waals surface area (Å²) in [7, 11) is 0. The molecule has 0 spiro atoms. The van der Waals surface area contributed by atoms with Crippen molar-refractivity contribution in [3.05, 3.63) is 42.1 Å². The zero-order valence-electron chi connectivity index (χ0n) is 11.9. The normalized spacial score (nSPS) is 10.9. The van der Waals surface area contributed by atoms with Crippen molar-refractivity contribution in [1.29, 1.82) is 0 Å². The summed E-state index contributed by atoms with van der Waals surface area (Å²) in [5.74, 6) is 2.52. The van der Waals surface area contributed by atoms with Crippen LogP contribution < -0.4 is 5.32 Å². The van der Waals surface area contributed by atoms with E-state index in [-0.39, 0.29) is 0 Å². The number of hydrogen-bond acceptors (Lipinski definition) is 3. The van der Waals surface area contributed by atoms with Crippen molar-refractivity contribution < 1.29 is 0 Å². The molecule has 0 amide bonds. The molecular formula is C15H22N4. The van der Waals surface area contributed by atoms with Crippen molar-refractivity contribution in [2.24, 2.45) is 0 Å². The van der Waals surface area contributed by atoms with E-state index in [2.05, 4.69) is 46.7 Å². The first-order chi connectivity index (χ1) is 9.22. The lowest BCUT2D eigenvalue weighted by atomic mass is 10.2. The largest absolute Gasteiger partial charge is 0.370 e. The van der Waals surface area contributed by atoms with Gasteiger partial charge in [-0.15, -0.1) is 0 Å². The average Bonchev–Trinajstić information content (AvgIpc) is 2.86. The molecule has 0 bridgehead atoms. The fraction of sp³-hybridized carbons (Fsp3) is 0.467. The van der Waals surface area contributed by atoms with Crippen LogP contribution >= 0.6 is 0 Å². The number of nitrogens with zero attached hydrogens (tertiary/aromatic N) is 3. The van der Waals surface area contributed by atoms with Crippen molar-refractivity contribution in [3.8, 4) is 0 Å². The van der Waals surface area contributed by atoms with Crippen molar-refractivity contribution in [2.75, 3.05) is 11.9 Å². The average molecular weight is 258 g/mol. The highest BCUT2D eigenvalue weighted by molar-refractivity contribution is 5.43. The molecule has 2 rings (SSSR count). The van der Waals surface area contributed by atoms with E-state index in [0.717, 1.165) is 31.2 Å². The molecule has 0 fully saturated rings. The van der Waals surface area contributed by atoms with Gasteiger partial charge < -0.3 is 9.88 Å². The van der Waals surface area contributed by atoms with E-state index < -0.39 is 0 Å². The van der Waals surface area contributed by atoms with E-state index in [4.69, 9.17) is 0 Å². The molecule has 4 nitrogen and oxygen atoms in total. The molecule has 19 heavy (non-hydrogen) atoms. The van der Waals surface area contributed by atoms with Crippen molar-refractivity contribution in [1.82, 2.24) is 14.5 Å². The van der Waals surface area contributed by atoms with Gasteiger partial charge >= 0.3 is 0 Å². The molecule has 0 saturated carbocycles. The standard InChI is InChI=1S/C15H22N4/c1-4-7-16-14-13(6-5-8-17-14)11-19-10-9-18-15(19)12(2)3/h5-6,8-10,12H,4,7,11H2,1-3H3,(H,16,17). The van der Waals surface area contributed by atoms with Crippen LogP contribution in [0.15, 0.2) is 30.7 Å². The Morgan fingerprint density at radius 1 is 1.26 bits per heavy atom. The number of imidazole rings is 1. The van der Waals surface area contributed by atoms with Crippen LogP contribution in [-0.2, 0) is 6.54 Å². The van der Waals surface area contributed by atoms with E-state index in [1.807, 2.05) is 24.7 Å². The maximum atomic E-state index is 4.43. The van der Waals surface area contributed by atoms with Gasteiger partial charge in [0.05, 0.1) is 6.54 Å². The predicted octanol–water partition coefficient (Wildman–Crippen LogP) is 3.27. The third-order valence-electron chi connectivity index (χ3n) is 3.04. The lowest BCUT2D eigenvalue weighted by Crippen LogP contribution is -2.10. The molecule has 1 N–H and O–H groups in total. The zero-order chi connectivity index (χ0) is 13.7. The molecule has 0 unspecified atom stereocenters. The van der Waals surface area contributed by atoms with Crippen LogP contribution in [0, 0.1) is 0 Å². The van der Waals surface area contributed by atoms with Gasteiger partial charge in [-0.3, -0.25) is 0 Å². The van der Waals surface area contributed by atoms with Crippen molar-refractivity contribution in [2.45, 2.75) is 39.7 Å². The number of nitrogens with one attached hydrogen (secondary N) is 1. The van der Waals surface area contributed by atoms with Gasteiger partial charge in [-0.25, -0.2) is 9.97 Å². The Labute approximate surface area is 114 Å². The van der Waals surface area contributed by atoms with Gasteiger partial charge in [0.2, 0.25) is 0 Å². The molecule has 0 aliphatic heterocycles. The summed E-state index contributed by atoms with van der Waals surface area (Å²) in [6, 6.07) is 4.10. The molecule has 0 aliphatic rings. The van der Waals surface area contributed by atoms with Crippen LogP contribution in [0.3, 0.4) is 0 Å². The minimum atomic E-state index is 0.429. The van der Waals surface area contributed by atoms with E-state index in [9.17, 15) is 0 Å². The van der Waals surface area contributed by atoms with Gasteiger partial charge in [0.1, 0.15) is 11.6 Å². The summed E-state index contributed by atoms with van der Waals surface area (Å²) in [5.41, 5.74) is 1.20. The summed E-state index contributed by atoms with van der Waals surface area (Å²) in [4.78, 5) is 8.85. The maximum Gasteiger partial charge on any atom is 0.130 e. The first-order valence-electron chi connectivity index (χ1n) is 6.91. The number of rotatable bonds is 6. The molecule has 2 aromatic rings. The molecular weight excluding hydrogens is 236 g/mol. The summed E-state index contributed by atoms with van der Waals surface area (Å²) in [6.07, 6.45) is 6.83. The molecule has 102 valence electrons. The lowest BCUT2D eigenvalue weighted by molar-refractivity contribution is 0.669. The molecule has 0 saturated heterocycles. The predicted molar refractivity (Wildman–Crippen MR) is 78.4 cm³/mol. The van der Waals surface area contributed by atoms with E-state index >= 15 is 0 Å². The van der Waals surface area contributed by atoms with Crippen LogP contribution in [0.5, 0.6) is 0 Å². The topological polar surface area (TPSA) is 42.7 Å². The smallest absolute Gasteiger partial charge is 0.130 e. The Bertz CT molecular complexity index is 516. The Hall–Kier alpha value is -1.84. The highest BCUT2D eigenvalue weighted by Gasteiger charge is 2.09. The summed E-state index contributed by atoms with van der Waals surface area (Å²) >= 11 is 0.